The van der Waals surface area contributed by atoms with Crippen LogP contribution in [-0.4, -0.2) is 50.3 Å². The van der Waals surface area contributed by atoms with E-state index in [0.717, 1.165) is 32.5 Å². The third-order valence-corrected chi connectivity index (χ3v) is 8.22. The van der Waals surface area contributed by atoms with Gasteiger partial charge >= 0.3 is 5.97 Å². The fourth-order valence-electron chi connectivity index (χ4n) is 5.39. The highest BCUT2D eigenvalue weighted by Crippen LogP contribution is 2.11. The number of hydrogen-bond acceptors (Lipinski definition) is 4. The first-order chi connectivity index (χ1) is 19.7. The summed E-state index contributed by atoms with van der Waals surface area (Å²) in [4.78, 5) is 14.5. The first-order valence-electron chi connectivity index (χ1n) is 18.2. The molecule has 4 heteroatoms. The smallest absolute Gasteiger partial charge is 0.305 e. The van der Waals surface area contributed by atoms with E-state index in [1.165, 1.54) is 161 Å². The van der Waals surface area contributed by atoms with Crippen molar-refractivity contribution < 1.29 is 14.3 Å². The van der Waals surface area contributed by atoms with Crippen molar-refractivity contribution in [2.75, 3.05) is 39.5 Å². The van der Waals surface area contributed by atoms with Crippen molar-refractivity contribution in [1.29, 1.82) is 0 Å². The number of nitrogens with zero attached hydrogens (tertiary/aromatic N) is 1. The van der Waals surface area contributed by atoms with Crippen LogP contribution >= 0.6 is 0 Å². The van der Waals surface area contributed by atoms with Gasteiger partial charge in [0, 0.05) is 19.6 Å². The highest BCUT2D eigenvalue weighted by Gasteiger charge is 2.04. The molecule has 240 valence electrons. The van der Waals surface area contributed by atoms with Crippen LogP contribution in [0.4, 0.5) is 0 Å². The molecule has 0 heterocycles. The maximum absolute atomic E-state index is 11.9. The summed E-state index contributed by atoms with van der Waals surface area (Å²) >= 11 is 0. The Morgan fingerprint density at radius 3 is 1.27 bits per heavy atom. The molecular formula is C36H73NO3. The molecule has 0 aliphatic carbocycles. The molecule has 0 atom stereocenters. The van der Waals surface area contributed by atoms with Crippen LogP contribution < -0.4 is 0 Å². The molecule has 0 saturated carbocycles. The first kappa shape index (κ1) is 39.4. The quantitative estimate of drug-likeness (QED) is 0.0572. The molecule has 0 bridgehead atoms. The summed E-state index contributed by atoms with van der Waals surface area (Å²) in [6, 6.07) is 0. The van der Waals surface area contributed by atoms with Gasteiger partial charge in [-0.2, -0.15) is 0 Å². The summed E-state index contributed by atoms with van der Waals surface area (Å²) in [5.74, 6) is 0.00952. The molecule has 0 N–H and O–H groups in total. The first-order valence-corrected chi connectivity index (χ1v) is 18.2. The lowest BCUT2D eigenvalue weighted by molar-refractivity contribution is -0.143. The number of carbonyl (C=O) groups is 1. The predicted molar refractivity (Wildman–Crippen MR) is 175 cm³/mol. The molecule has 0 aromatic carbocycles. The van der Waals surface area contributed by atoms with Gasteiger partial charge in [-0.05, 0) is 58.2 Å². The molecule has 0 unspecified atom stereocenters. The lowest BCUT2D eigenvalue weighted by Gasteiger charge is -2.20. The fourth-order valence-corrected chi connectivity index (χ4v) is 5.39. The lowest BCUT2D eigenvalue weighted by atomic mass is 10.1. The molecule has 0 saturated heterocycles. The highest BCUT2D eigenvalue weighted by molar-refractivity contribution is 5.69. The van der Waals surface area contributed by atoms with Gasteiger partial charge < -0.3 is 14.4 Å². The average Bonchev–Trinajstić information content (AvgIpc) is 2.96. The zero-order chi connectivity index (χ0) is 29.2. The van der Waals surface area contributed by atoms with E-state index in [1.54, 1.807) is 0 Å². The summed E-state index contributed by atoms with van der Waals surface area (Å²) in [6.45, 7) is 13.0. The molecule has 0 rings (SSSR count). The van der Waals surface area contributed by atoms with Crippen molar-refractivity contribution in [1.82, 2.24) is 4.90 Å². The number of ether oxygens (including phenoxy) is 2. The van der Waals surface area contributed by atoms with E-state index >= 15 is 0 Å². The number of esters is 1. The van der Waals surface area contributed by atoms with Gasteiger partial charge in [0.1, 0.15) is 0 Å². The summed E-state index contributed by atoms with van der Waals surface area (Å²) in [5, 5.41) is 0. The second-order valence-corrected chi connectivity index (χ2v) is 12.1. The van der Waals surface area contributed by atoms with E-state index in [9.17, 15) is 4.79 Å². The van der Waals surface area contributed by atoms with Crippen molar-refractivity contribution in [3.63, 3.8) is 0 Å². The van der Waals surface area contributed by atoms with E-state index in [2.05, 4.69) is 25.7 Å². The second kappa shape index (κ2) is 34.6. The van der Waals surface area contributed by atoms with E-state index in [1.807, 2.05) is 0 Å². The second-order valence-electron chi connectivity index (χ2n) is 12.1. The van der Waals surface area contributed by atoms with Crippen LogP contribution in [-0.2, 0) is 14.3 Å². The lowest BCUT2D eigenvalue weighted by Crippen LogP contribution is -2.25. The Hall–Kier alpha value is -0.610. The zero-order valence-electron chi connectivity index (χ0n) is 27.8. The van der Waals surface area contributed by atoms with Gasteiger partial charge in [-0.1, -0.05) is 143 Å². The summed E-state index contributed by atoms with van der Waals surface area (Å²) in [5.41, 5.74) is 0. The topological polar surface area (TPSA) is 38.8 Å². The van der Waals surface area contributed by atoms with Crippen molar-refractivity contribution in [3.8, 4) is 0 Å². The molecule has 0 fully saturated rings. The minimum Gasteiger partial charge on any atom is -0.466 e. The minimum atomic E-state index is 0.00952. The maximum Gasteiger partial charge on any atom is 0.305 e. The van der Waals surface area contributed by atoms with Gasteiger partial charge in [-0.25, -0.2) is 0 Å². The fraction of sp³-hybridized carbons (Fsp3) is 0.972. The molecule has 4 nitrogen and oxygen atoms in total. The van der Waals surface area contributed by atoms with Crippen molar-refractivity contribution in [3.05, 3.63) is 0 Å². The van der Waals surface area contributed by atoms with Crippen LogP contribution in [0, 0.1) is 0 Å². The van der Waals surface area contributed by atoms with Crippen LogP contribution in [0.25, 0.3) is 0 Å². The SMILES string of the molecule is CCCCCCCCCOCCCCCCCCN(CC)CCCCCCCC(=O)OCCCCCCCCC. The van der Waals surface area contributed by atoms with Crippen LogP contribution in [0.1, 0.15) is 188 Å². The van der Waals surface area contributed by atoms with Crippen molar-refractivity contribution in [2.24, 2.45) is 0 Å². The van der Waals surface area contributed by atoms with Gasteiger partial charge in [0.25, 0.3) is 0 Å². The van der Waals surface area contributed by atoms with Gasteiger partial charge in [0.05, 0.1) is 6.61 Å². The van der Waals surface area contributed by atoms with E-state index in [4.69, 9.17) is 9.47 Å². The number of rotatable bonds is 34. The molecule has 0 amide bonds. The normalized spacial score (nSPS) is 11.5. The maximum atomic E-state index is 11.9. The van der Waals surface area contributed by atoms with E-state index in [0.29, 0.717) is 13.0 Å². The molecular weight excluding hydrogens is 494 g/mol. The third-order valence-electron chi connectivity index (χ3n) is 8.22. The Kier molecular flexibility index (Phi) is 34.1. The highest BCUT2D eigenvalue weighted by atomic mass is 16.5. The third kappa shape index (κ3) is 31.9. The van der Waals surface area contributed by atoms with Gasteiger partial charge in [-0.15, -0.1) is 0 Å². The summed E-state index contributed by atoms with van der Waals surface area (Å²) in [6.07, 6.45) is 32.9. The Balaban J connectivity index is 3.35. The Morgan fingerprint density at radius 2 is 0.825 bits per heavy atom. The monoisotopic (exact) mass is 568 g/mol. The molecule has 0 spiro atoms. The number of hydrogen-bond donors (Lipinski definition) is 0. The molecule has 0 aliphatic heterocycles. The molecule has 0 radical (unpaired) electrons. The van der Waals surface area contributed by atoms with E-state index < -0.39 is 0 Å². The Morgan fingerprint density at radius 1 is 0.450 bits per heavy atom. The van der Waals surface area contributed by atoms with Crippen LogP contribution in [0.5, 0.6) is 0 Å². The van der Waals surface area contributed by atoms with Crippen LogP contribution in [0.15, 0.2) is 0 Å². The van der Waals surface area contributed by atoms with Crippen LogP contribution in [0.3, 0.4) is 0 Å². The largest absolute Gasteiger partial charge is 0.466 e. The molecule has 0 aromatic heterocycles. The van der Waals surface area contributed by atoms with Gasteiger partial charge in [-0.3, -0.25) is 4.79 Å². The predicted octanol–water partition coefficient (Wildman–Crippen LogP) is 11.1. The van der Waals surface area contributed by atoms with Gasteiger partial charge in [0.2, 0.25) is 0 Å². The molecule has 0 aromatic rings. The van der Waals surface area contributed by atoms with Crippen molar-refractivity contribution in [2.45, 2.75) is 188 Å². The van der Waals surface area contributed by atoms with Crippen LogP contribution in [0.2, 0.25) is 0 Å². The van der Waals surface area contributed by atoms with Crippen molar-refractivity contribution >= 4 is 5.97 Å². The minimum absolute atomic E-state index is 0.00952. The Bertz CT molecular complexity index is 485. The number of carbonyl (C=O) groups excluding carboxylic acids is 1. The summed E-state index contributed by atoms with van der Waals surface area (Å²) in [7, 11) is 0. The Labute approximate surface area is 252 Å². The van der Waals surface area contributed by atoms with Gasteiger partial charge in [0.15, 0.2) is 0 Å². The average molecular weight is 568 g/mol. The zero-order valence-corrected chi connectivity index (χ0v) is 27.8. The molecule has 40 heavy (non-hydrogen) atoms. The summed E-state index contributed by atoms with van der Waals surface area (Å²) < 4.78 is 11.2. The number of unbranched alkanes of at least 4 members (excludes halogenated alkanes) is 21. The standard InChI is InChI=1S/C36H73NO3/c1-4-7-9-11-14-21-27-33-39-34-28-22-16-13-19-25-31-37(6-3)32-26-20-17-18-24-30-36(38)40-35-29-23-15-12-10-8-5-2/h4-35H2,1-3H3. The molecule has 0 aliphatic rings. The van der Waals surface area contributed by atoms with E-state index in [-0.39, 0.29) is 5.97 Å².